The quantitative estimate of drug-likeness (QED) is 0.307. The van der Waals surface area contributed by atoms with Crippen LogP contribution in [0, 0.1) is 17.5 Å². The predicted molar refractivity (Wildman–Crippen MR) is 114 cm³/mol. The van der Waals surface area contributed by atoms with Crippen LogP contribution < -0.4 is 18.7 Å². The molecule has 0 amide bonds. The van der Waals surface area contributed by atoms with Gasteiger partial charge in [0, 0.05) is 0 Å². The van der Waals surface area contributed by atoms with Gasteiger partial charge in [0.15, 0.2) is 0 Å². The fraction of sp³-hybridized carbons (Fsp3) is 0.222. The van der Waals surface area contributed by atoms with Crippen LogP contribution in [-0.2, 0) is 13.4 Å². The van der Waals surface area contributed by atoms with Crippen molar-refractivity contribution < 1.29 is 32.2 Å². The number of hydrogen-bond acceptors (Lipinski definition) is 9. The van der Waals surface area contributed by atoms with Crippen molar-refractivity contribution in [3.8, 4) is 23.0 Å². The Balaban J connectivity index is 2.37. The van der Waals surface area contributed by atoms with Crippen LogP contribution in [0.25, 0.3) is 12.2 Å². The Labute approximate surface area is 176 Å². The molecule has 0 saturated heterocycles. The molecule has 0 atom stereocenters. The molecule has 0 aliphatic carbocycles. The van der Waals surface area contributed by atoms with E-state index in [0.717, 1.165) is 11.1 Å². The molecule has 2 aromatic rings. The molecule has 2 aromatic carbocycles. The number of aryl methyl sites for hydroxylation is 1. The Kier molecular flexibility index (Phi) is 8.24. The fourth-order valence-corrected chi connectivity index (χ4v) is 3.43. The molecule has 2 N–H and O–H groups in total. The molecule has 0 unspecified atom stereocenters. The van der Waals surface area contributed by atoms with E-state index in [1.807, 2.05) is 31.2 Å². The van der Waals surface area contributed by atoms with Gasteiger partial charge in [-0.15, -0.1) is 0 Å². The summed E-state index contributed by atoms with van der Waals surface area (Å²) in [6.45, 7) is 1.92. The monoisotopic (exact) mass is 430 g/mol. The summed E-state index contributed by atoms with van der Waals surface area (Å²) in [5, 5.41) is 13.9. The zero-order chi connectivity index (χ0) is 22.1. The number of methoxy groups -OCH3 is 3. The number of benzene rings is 2. The van der Waals surface area contributed by atoms with Crippen molar-refractivity contribution in [1.29, 1.82) is 10.6 Å². The summed E-state index contributed by atoms with van der Waals surface area (Å²) in [4.78, 5) is 0. The molecular formula is C18H21B2N2O7P. The average molecular weight is 430 g/mol. The molecule has 0 spiro atoms. The van der Waals surface area contributed by atoms with Gasteiger partial charge in [-0.1, -0.05) is 0 Å². The Hall–Kier alpha value is -3.06. The van der Waals surface area contributed by atoms with Crippen LogP contribution in [0.2, 0.25) is 0 Å². The topological polar surface area (TPSA) is 120 Å². The Morgan fingerprint density at radius 3 is 2.00 bits per heavy atom. The number of phosphoric acid groups is 1. The van der Waals surface area contributed by atoms with Gasteiger partial charge in [-0.3, -0.25) is 0 Å². The second-order valence-corrected chi connectivity index (χ2v) is 7.30. The first-order chi connectivity index (χ1) is 14.4. The van der Waals surface area contributed by atoms with Gasteiger partial charge in [0.2, 0.25) is 0 Å². The van der Waals surface area contributed by atoms with E-state index in [4.69, 9.17) is 29.4 Å². The fourth-order valence-electron chi connectivity index (χ4n) is 2.66. The van der Waals surface area contributed by atoms with Gasteiger partial charge in [-0.05, 0) is 0 Å². The van der Waals surface area contributed by atoms with Crippen LogP contribution in [0.15, 0.2) is 30.3 Å². The minimum absolute atomic E-state index is 0.0650. The van der Waals surface area contributed by atoms with E-state index in [2.05, 4.69) is 8.88 Å². The van der Waals surface area contributed by atoms with E-state index in [0.29, 0.717) is 31.6 Å². The summed E-state index contributed by atoms with van der Waals surface area (Å²) < 4.78 is 42.9. The second kappa shape index (κ2) is 10.6. The first kappa shape index (κ1) is 23.2. The molecule has 0 aliphatic heterocycles. The molecule has 0 bridgehead atoms. The van der Waals surface area contributed by atoms with Gasteiger partial charge < -0.3 is 4.74 Å². The number of ether oxygens (including phenoxy) is 3. The second-order valence-electron chi connectivity index (χ2n) is 5.80. The summed E-state index contributed by atoms with van der Waals surface area (Å²) in [5.74, 6) is 1.62. The van der Waals surface area contributed by atoms with Gasteiger partial charge in [-0.2, -0.15) is 0 Å². The maximum atomic E-state index is 12.4. The third-order valence-electron chi connectivity index (χ3n) is 3.92. The predicted octanol–water partition coefficient (Wildman–Crippen LogP) is 4.47. The van der Waals surface area contributed by atoms with E-state index < -0.39 is 7.82 Å². The summed E-state index contributed by atoms with van der Waals surface area (Å²) in [6.07, 6.45) is 3.68. The zero-order valence-corrected chi connectivity index (χ0v) is 17.9. The summed E-state index contributed by atoms with van der Waals surface area (Å²) in [5.41, 5.74) is 2.51. The van der Waals surface area contributed by atoms with Crippen molar-refractivity contribution in [3.63, 3.8) is 0 Å². The standard InChI is InChI=1S/C18H21B2N2O7P/c1-12-9-14(11-17(25-3)18(12)26-4)6-5-13-7-8-15(24-2)16(10-13)27-30(23,28-19-21)29-20-22/h5-11,21-22H,1-4H3/b6-5-. The molecule has 0 aliphatic rings. The van der Waals surface area contributed by atoms with Crippen LogP contribution in [0.3, 0.4) is 0 Å². The van der Waals surface area contributed by atoms with Crippen LogP contribution in [0.5, 0.6) is 23.0 Å². The van der Waals surface area contributed by atoms with Crippen molar-refractivity contribution in [2.75, 3.05) is 21.3 Å². The number of hydrogen-bond donors (Lipinski definition) is 2. The van der Waals surface area contributed by atoms with Crippen LogP contribution in [0.1, 0.15) is 16.7 Å². The third-order valence-corrected chi connectivity index (χ3v) is 5.06. The first-order valence-electron chi connectivity index (χ1n) is 8.62. The van der Waals surface area contributed by atoms with Crippen LogP contribution >= 0.6 is 7.82 Å². The molecule has 0 heterocycles. The van der Waals surface area contributed by atoms with Crippen molar-refractivity contribution >= 4 is 34.5 Å². The van der Waals surface area contributed by atoms with Crippen molar-refractivity contribution in [1.82, 2.24) is 0 Å². The summed E-state index contributed by atoms with van der Waals surface area (Å²) >= 11 is 0. The Bertz CT molecular complexity index is 987. The van der Waals surface area contributed by atoms with Gasteiger partial charge in [-0.25, -0.2) is 0 Å². The molecule has 9 nitrogen and oxygen atoms in total. The van der Waals surface area contributed by atoms with Gasteiger partial charge >= 0.3 is 157 Å². The van der Waals surface area contributed by atoms with Gasteiger partial charge in [0.1, 0.15) is 0 Å². The van der Waals surface area contributed by atoms with Crippen molar-refractivity contribution in [3.05, 3.63) is 47.0 Å². The molecule has 2 rings (SSSR count). The number of rotatable bonds is 11. The average Bonchev–Trinajstić information content (AvgIpc) is 2.72. The third kappa shape index (κ3) is 5.73. The minimum atomic E-state index is -4.23. The van der Waals surface area contributed by atoms with Gasteiger partial charge in [0.05, 0.1) is 14.2 Å². The molecular weight excluding hydrogens is 409 g/mol. The molecule has 0 aromatic heterocycles. The van der Waals surface area contributed by atoms with Gasteiger partial charge in [0.25, 0.3) is 0 Å². The van der Waals surface area contributed by atoms with Crippen LogP contribution in [-0.4, -0.2) is 35.9 Å². The summed E-state index contributed by atoms with van der Waals surface area (Å²) in [6, 6.07) is 8.75. The Morgan fingerprint density at radius 1 is 0.833 bits per heavy atom. The molecule has 0 fully saturated rings. The molecule has 12 heteroatoms. The maximum absolute atomic E-state index is 12.4. The first-order valence-corrected chi connectivity index (χ1v) is 10.1. The number of nitrogens with one attached hydrogen (secondary N) is 2. The molecule has 30 heavy (non-hydrogen) atoms. The summed E-state index contributed by atoms with van der Waals surface area (Å²) in [7, 11) is 1.19. The van der Waals surface area contributed by atoms with Crippen LogP contribution in [0.4, 0.5) is 0 Å². The SMILES string of the molecule is COc1ccc(/C=C\c2cc(C)c(OC)c(OC)c2)cc1OP(=O)(OB=N)OB=N. The Morgan fingerprint density at radius 2 is 1.43 bits per heavy atom. The van der Waals surface area contributed by atoms with E-state index in [1.165, 1.54) is 7.11 Å². The van der Waals surface area contributed by atoms with E-state index >= 15 is 0 Å². The van der Waals surface area contributed by atoms with E-state index in [1.54, 1.807) is 32.4 Å². The van der Waals surface area contributed by atoms with Crippen molar-refractivity contribution in [2.24, 2.45) is 0 Å². The molecule has 0 radical (unpaired) electrons. The normalized spacial score (nSPS) is 12.3. The van der Waals surface area contributed by atoms with Crippen molar-refractivity contribution in [2.45, 2.75) is 6.92 Å². The molecule has 156 valence electrons. The van der Waals surface area contributed by atoms with E-state index in [9.17, 15) is 4.57 Å². The molecule has 0 saturated carbocycles. The zero-order valence-electron chi connectivity index (χ0n) is 17.0. The van der Waals surface area contributed by atoms with E-state index in [-0.39, 0.29) is 11.5 Å².